The van der Waals surface area contributed by atoms with Crippen molar-refractivity contribution in [1.82, 2.24) is 14.8 Å². The molecule has 3 rings (SSSR count). The number of benzene rings is 1. The van der Waals surface area contributed by atoms with E-state index in [1.54, 1.807) is 12.3 Å². The summed E-state index contributed by atoms with van der Waals surface area (Å²) in [6, 6.07) is 10.7. The third-order valence-electron chi connectivity index (χ3n) is 4.86. The van der Waals surface area contributed by atoms with Crippen LogP contribution in [-0.4, -0.2) is 53.9 Å². The maximum atomic E-state index is 11.4. The number of likely N-dealkylation sites (N-methyl/N-ethyl adjacent to an activating group) is 1. The Balaban J connectivity index is 1.71. The number of nitrogens with zero attached hydrogens (tertiary/aromatic N) is 3. The van der Waals surface area contributed by atoms with Crippen LogP contribution in [0.1, 0.15) is 22.3 Å². The van der Waals surface area contributed by atoms with E-state index in [9.17, 15) is 4.79 Å². The molecular formula is C19H25N5O. The molecular weight excluding hydrogens is 314 g/mol. The molecule has 0 radical (unpaired) electrons. The maximum absolute atomic E-state index is 11.4. The van der Waals surface area contributed by atoms with Gasteiger partial charge in [-0.1, -0.05) is 24.3 Å². The molecule has 2 heterocycles. The molecule has 1 aliphatic rings. The summed E-state index contributed by atoms with van der Waals surface area (Å²) in [7, 11) is 4.29. The number of primary amides is 1. The minimum absolute atomic E-state index is 0.164. The summed E-state index contributed by atoms with van der Waals surface area (Å²) in [6.45, 7) is 3.20. The van der Waals surface area contributed by atoms with Gasteiger partial charge in [0.05, 0.1) is 5.56 Å². The summed E-state index contributed by atoms with van der Waals surface area (Å²) in [5, 5.41) is 0. The molecule has 0 aliphatic carbocycles. The third-order valence-corrected chi connectivity index (χ3v) is 4.86. The highest BCUT2D eigenvalue weighted by Crippen LogP contribution is 2.23. The number of carbonyl (C=O) groups excluding carboxylic acids is 1. The number of nitrogens with two attached hydrogens (primary N) is 2. The molecule has 1 aromatic carbocycles. The molecule has 4 N–H and O–H groups in total. The summed E-state index contributed by atoms with van der Waals surface area (Å²) >= 11 is 0. The third kappa shape index (κ3) is 3.97. The van der Waals surface area contributed by atoms with Crippen LogP contribution in [0, 0.1) is 0 Å². The molecule has 1 atom stereocenters. The van der Waals surface area contributed by atoms with Crippen molar-refractivity contribution in [3.05, 3.63) is 47.7 Å². The average molecular weight is 339 g/mol. The van der Waals surface area contributed by atoms with Crippen molar-refractivity contribution in [3.8, 4) is 11.1 Å². The molecule has 1 fully saturated rings. The second-order valence-electron chi connectivity index (χ2n) is 6.86. The van der Waals surface area contributed by atoms with Gasteiger partial charge < -0.3 is 16.4 Å². The number of anilines is 1. The Bertz CT molecular complexity index is 757. The summed E-state index contributed by atoms with van der Waals surface area (Å²) in [6.07, 6.45) is 2.89. The molecule has 132 valence electrons. The van der Waals surface area contributed by atoms with E-state index in [0.29, 0.717) is 6.04 Å². The second kappa shape index (κ2) is 7.21. The molecule has 1 aliphatic heterocycles. The van der Waals surface area contributed by atoms with Gasteiger partial charge in [0, 0.05) is 37.4 Å². The number of hydrogen-bond acceptors (Lipinski definition) is 5. The monoisotopic (exact) mass is 339 g/mol. The van der Waals surface area contributed by atoms with Gasteiger partial charge in [0.25, 0.3) is 5.91 Å². The highest BCUT2D eigenvalue weighted by Gasteiger charge is 2.23. The highest BCUT2D eigenvalue weighted by atomic mass is 16.1. The number of nitrogen functional groups attached to an aromatic ring is 1. The Morgan fingerprint density at radius 2 is 2.00 bits per heavy atom. The lowest BCUT2D eigenvalue weighted by molar-refractivity contribution is 0.100. The Morgan fingerprint density at radius 3 is 2.60 bits per heavy atom. The van der Waals surface area contributed by atoms with Crippen LogP contribution < -0.4 is 11.5 Å². The van der Waals surface area contributed by atoms with E-state index in [1.165, 1.54) is 12.0 Å². The van der Waals surface area contributed by atoms with E-state index in [0.717, 1.165) is 30.8 Å². The van der Waals surface area contributed by atoms with Gasteiger partial charge in [0.1, 0.15) is 5.82 Å². The van der Waals surface area contributed by atoms with Gasteiger partial charge in [-0.05, 0) is 37.7 Å². The quantitative estimate of drug-likeness (QED) is 0.863. The topological polar surface area (TPSA) is 88.5 Å². The van der Waals surface area contributed by atoms with E-state index >= 15 is 0 Å². The van der Waals surface area contributed by atoms with Crippen LogP contribution in [-0.2, 0) is 6.54 Å². The predicted octanol–water partition coefficient (Wildman–Crippen LogP) is 1.57. The molecule has 0 spiro atoms. The fourth-order valence-electron chi connectivity index (χ4n) is 3.27. The number of amides is 1. The molecule has 6 heteroatoms. The van der Waals surface area contributed by atoms with E-state index < -0.39 is 5.91 Å². The zero-order valence-electron chi connectivity index (χ0n) is 14.8. The Morgan fingerprint density at radius 1 is 1.28 bits per heavy atom. The molecule has 1 saturated heterocycles. The van der Waals surface area contributed by atoms with Gasteiger partial charge in [-0.15, -0.1) is 0 Å². The molecule has 2 aromatic rings. The van der Waals surface area contributed by atoms with Crippen LogP contribution in [0.5, 0.6) is 0 Å². The molecule has 6 nitrogen and oxygen atoms in total. The molecule has 1 amide bonds. The number of pyridine rings is 1. The molecule has 1 aromatic heterocycles. The summed E-state index contributed by atoms with van der Waals surface area (Å²) in [5.41, 5.74) is 14.4. The van der Waals surface area contributed by atoms with Gasteiger partial charge in [-0.25, -0.2) is 4.98 Å². The van der Waals surface area contributed by atoms with Crippen LogP contribution in [0.2, 0.25) is 0 Å². The normalized spacial score (nSPS) is 18.0. The van der Waals surface area contributed by atoms with Crippen LogP contribution in [0.3, 0.4) is 0 Å². The SMILES string of the molecule is CN(C)C1CCN(Cc2ccc(-c3cnc(N)c(C(N)=O)c3)cc2)C1. The number of likely N-dealkylation sites (tertiary alicyclic amines) is 1. The number of hydrogen-bond donors (Lipinski definition) is 2. The van der Waals surface area contributed by atoms with Crippen LogP contribution in [0.4, 0.5) is 5.82 Å². The van der Waals surface area contributed by atoms with Gasteiger partial charge in [0.15, 0.2) is 0 Å². The van der Waals surface area contributed by atoms with Gasteiger partial charge >= 0.3 is 0 Å². The predicted molar refractivity (Wildman–Crippen MR) is 100.0 cm³/mol. The Labute approximate surface area is 148 Å². The molecule has 0 saturated carbocycles. The van der Waals surface area contributed by atoms with E-state index in [2.05, 4.69) is 41.0 Å². The number of carbonyl (C=O) groups is 1. The minimum Gasteiger partial charge on any atom is -0.383 e. The maximum Gasteiger partial charge on any atom is 0.252 e. The van der Waals surface area contributed by atoms with Gasteiger partial charge in [0.2, 0.25) is 0 Å². The Kier molecular flexibility index (Phi) is 5.01. The lowest BCUT2D eigenvalue weighted by atomic mass is 10.0. The number of rotatable bonds is 5. The van der Waals surface area contributed by atoms with Crippen LogP contribution in [0.25, 0.3) is 11.1 Å². The highest BCUT2D eigenvalue weighted by molar-refractivity contribution is 5.98. The van der Waals surface area contributed by atoms with Crippen molar-refractivity contribution < 1.29 is 4.79 Å². The number of aromatic nitrogens is 1. The first kappa shape index (κ1) is 17.4. The van der Waals surface area contributed by atoms with Gasteiger partial charge in [-0.3, -0.25) is 9.69 Å². The summed E-state index contributed by atoms with van der Waals surface area (Å²) in [5.74, 6) is -0.398. The minimum atomic E-state index is -0.562. The fraction of sp³-hybridized carbons (Fsp3) is 0.368. The standard InChI is InChI=1S/C19H25N5O/c1-23(2)16-7-8-24(12-16)11-13-3-5-14(6-4-13)15-9-17(19(21)25)18(20)22-10-15/h3-6,9-10,16H,7-8,11-12H2,1-2H3,(H2,20,22)(H2,21,25). The van der Waals surface area contributed by atoms with Crippen molar-refractivity contribution in [2.24, 2.45) is 5.73 Å². The van der Waals surface area contributed by atoms with Crippen molar-refractivity contribution in [3.63, 3.8) is 0 Å². The van der Waals surface area contributed by atoms with E-state index in [-0.39, 0.29) is 11.4 Å². The zero-order valence-corrected chi connectivity index (χ0v) is 14.8. The average Bonchev–Trinajstić information content (AvgIpc) is 3.05. The van der Waals surface area contributed by atoms with E-state index in [4.69, 9.17) is 11.5 Å². The van der Waals surface area contributed by atoms with Crippen molar-refractivity contribution in [2.45, 2.75) is 19.0 Å². The zero-order chi connectivity index (χ0) is 18.0. The molecule has 0 bridgehead atoms. The van der Waals surface area contributed by atoms with Gasteiger partial charge in [-0.2, -0.15) is 0 Å². The van der Waals surface area contributed by atoms with Crippen LogP contribution >= 0.6 is 0 Å². The van der Waals surface area contributed by atoms with Crippen molar-refractivity contribution >= 4 is 11.7 Å². The van der Waals surface area contributed by atoms with Crippen LogP contribution in [0.15, 0.2) is 36.5 Å². The van der Waals surface area contributed by atoms with E-state index in [1.807, 2.05) is 12.1 Å². The van der Waals surface area contributed by atoms with Crippen molar-refractivity contribution in [2.75, 3.05) is 32.9 Å². The lowest BCUT2D eigenvalue weighted by Crippen LogP contribution is -2.31. The summed E-state index contributed by atoms with van der Waals surface area (Å²) in [4.78, 5) is 20.3. The smallest absolute Gasteiger partial charge is 0.252 e. The first-order valence-electron chi connectivity index (χ1n) is 8.47. The Hall–Kier alpha value is -2.44. The molecule has 1 unspecified atom stereocenters. The first-order valence-corrected chi connectivity index (χ1v) is 8.47. The van der Waals surface area contributed by atoms with Crippen molar-refractivity contribution in [1.29, 1.82) is 0 Å². The second-order valence-corrected chi connectivity index (χ2v) is 6.86. The summed E-state index contributed by atoms with van der Waals surface area (Å²) < 4.78 is 0. The fourth-order valence-corrected chi connectivity index (χ4v) is 3.27. The lowest BCUT2D eigenvalue weighted by Gasteiger charge is -2.20. The largest absolute Gasteiger partial charge is 0.383 e. The first-order chi connectivity index (χ1) is 11.9. The molecule has 25 heavy (non-hydrogen) atoms.